The summed E-state index contributed by atoms with van der Waals surface area (Å²) in [6, 6.07) is 11.8. The molecule has 0 spiro atoms. The third-order valence-corrected chi connectivity index (χ3v) is 4.35. The molecule has 1 N–H and O–H groups in total. The zero-order valence-electron chi connectivity index (χ0n) is 12.8. The molecule has 5 nitrogen and oxygen atoms in total. The summed E-state index contributed by atoms with van der Waals surface area (Å²) in [5.74, 6) is -0.119. The predicted molar refractivity (Wildman–Crippen MR) is 90.6 cm³/mol. The van der Waals surface area contributed by atoms with Gasteiger partial charge in [0.05, 0.1) is 24.3 Å². The number of hydrogen-bond donors (Lipinski definition) is 1. The second-order valence-electron chi connectivity index (χ2n) is 5.23. The number of nitrogens with zero attached hydrogens (tertiary/aromatic N) is 3. The van der Waals surface area contributed by atoms with E-state index in [1.54, 1.807) is 16.0 Å². The maximum Gasteiger partial charge on any atom is 0.227 e. The number of amides is 1. The van der Waals surface area contributed by atoms with Crippen LogP contribution in [-0.2, 0) is 11.3 Å². The zero-order valence-corrected chi connectivity index (χ0v) is 13.7. The molecule has 0 saturated carbocycles. The topological polar surface area (TPSA) is 59.8 Å². The normalized spacial score (nSPS) is 12.0. The third kappa shape index (κ3) is 3.65. The molecule has 0 radical (unpaired) electrons. The molecule has 6 heteroatoms. The van der Waals surface area contributed by atoms with E-state index < -0.39 is 0 Å². The monoisotopic (exact) mass is 326 g/mol. The summed E-state index contributed by atoms with van der Waals surface area (Å²) in [6.07, 6.45) is 2.60. The summed E-state index contributed by atoms with van der Waals surface area (Å²) in [7, 11) is 0. The van der Waals surface area contributed by atoms with Gasteiger partial charge in [-0.15, -0.1) is 5.10 Å². The first-order valence-electron chi connectivity index (χ1n) is 7.54. The van der Waals surface area contributed by atoms with Crippen LogP contribution in [0.2, 0.25) is 0 Å². The largest absolute Gasteiger partial charge is 0.350 e. The van der Waals surface area contributed by atoms with Crippen molar-refractivity contribution < 1.29 is 4.79 Å². The Balaban J connectivity index is 1.62. The molecule has 0 fully saturated rings. The van der Waals surface area contributed by atoms with Crippen molar-refractivity contribution in [2.24, 2.45) is 0 Å². The summed E-state index contributed by atoms with van der Waals surface area (Å²) >= 11 is 1.61. The van der Waals surface area contributed by atoms with Crippen molar-refractivity contribution in [3.8, 4) is 5.69 Å². The molecule has 3 rings (SSSR count). The van der Waals surface area contributed by atoms with Crippen molar-refractivity contribution in [1.29, 1.82) is 0 Å². The number of rotatable bonds is 6. The van der Waals surface area contributed by atoms with Crippen molar-refractivity contribution in [2.45, 2.75) is 25.8 Å². The fourth-order valence-electron chi connectivity index (χ4n) is 2.45. The fraction of sp³-hybridized carbons (Fsp3) is 0.235. The van der Waals surface area contributed by atoms with Crippen molar-refractivity contribution in [1.82, 2.24) is 20.3 Å². The number of nitrogens with one attached hydrogen (secondary N) is 1. The van der Waals surface area contributed by atoms with Gasteiger partial charge in [-0.05, 0) is 23.4 Å². The van der Waals surface area contributed by atoms with Crippen LogP contribution in [0.5, 0.6) is 0 Å². The Labute approximate surface area is 139 Å². The van der Waals surface area contributed by atoms with E-state index in [0.29, 0.717) is 6.54 Å². The fourth-order valence-corrected chi connectivity index (χ4v) is 3.07. The van der Waals surface area contributed by atoms with Gasteiger partial charge in [-0.1, -0.05) is 42.5 Å². The quantitative estimate of drug-likeness (QED) is 0.757. The molecule has 3 aromatic rings. The minimum absolute atomic E-state index is 0.0174. The first kappa shape index (κ1) is 15.4. The van der Waals surface area contributed by atoms with Gasteiger partial charge in [0.1, 0.15) is 5.69 Å². The number of carbonyl (C=O) groups is 1. The van der Waals surface area contributed by atoms with E-state index in [-0.39, 0.29) is 11.8 Å². The molecule has 23 heavy (non-hydrogen) atoms. The van der Waals surface area contributed by atoms with Crippen LogP contribution in [0.15, 0.2) is 53.4 Å². The van der Waals surface area contributed by atoms with Crippen LogP contribution in [0.3, 0.4) is 0 Å². The highest BCUT2D eigenvalue weighted by Gasteiger charge is 2.18. The van der Waals surface area contributed by atoms with Crippen LogP contribution in [0.25, 0.3) is 5.69 Å². The van der Waals surface area contributed by atoms with Gasteiger partial charge >= 0.3 is 0 Å². The Morgan fingerprint density at radius 3 is 2.83 bits per heavy atom. The molecular formula is C17H18N4OS. The Bertz CT molecular complexity index is 752. The molecule has 118 valence electrons. The smallest absolute Gasteiger partial charge is 0.227 e. The number of thiophene rings is 1. The van der Waals surface area contributed by atoms with E-state index in [9.17, 15) is 4.79 Å². The molecule has 0 aliphatic carbocycles. The van der Waals surface area contributed by atoms with Gasteiger partial charge in [0.15, 0.2) is 0 Å². The zero-order chi connectivity index (χ0) is 16.1. The summed E-state index contributed by atoms with van der Waals surface area (Å²) in [6.45, 7) is 2.40. The molecule has 1 unspecified atom stereocenters. The van der Waals surface area contributed by atoms with Crippen LogP contribution in [0.1, 0.15) is 30.5 Å². The molecule has 0 bridgehead atoms. The van der Waals surface area contributed by atoms with Gasteiger partial charge in [-0.2, -0.15) is 11.3 Å². The van der Waals surface area contributed by atoms with Crippen molar-refractivity contribution >= 4 is 17.2 Å². The molecular weight excluding hydrogens is 308 g/mol. The Kier molecular flexibility index (Phi) is 4.83. The van der Waals surface area contributed by atoms with E-state index in [2.05, 4.69) is 15.6 Å². The molecule has 2 aromatic heterocycles. The average molecular weight is 326 g/mol. The number of aromatic nitrogens is 3. The maximum absolute atomic E-state index is 12.4. The van der Waals surface area contributed by atoms with Crippen LogP contribution >= 0.6 is 11.3 Å². The summed E-state index contributed by atoms with van der Waals surface area (Å²) in [4.78, 5) is 12.4. The Morgan fingerprint density at radius 2 is 2.13 bits per heavy atom. The highest BCUT2D eigenvalue weighted by molar-refractivity contribution is 7.08. The molecule has 1 atom stereocenters. The maximum atomic E-state index is 12.4. The van der Waals surface area contributed by atoms with Crippen molar-refractivity contribution in [2.75, 3.05) is 0 Å². The number of benzene rings is 1. The lowest BCUT2D eigenvalue weighted by Gasteiger charge is -2.14. The molecule has 1 aromatic carbocycles. The summed E-state index contributed by atoms with van der Waals surface area (Å²) in [5, 5.41) is 15.1. The van der Waals surface area contributed by atoms with E-state index in [4.69, 9.17) is 0 Å². The molecule has 0 aliphatic rings. The first-order chi connectivity index (χ1) is 11.3. The van der Waals surface area contributed by atoms with E-state index in [1.807, 2.05) is 60.3 Å². The third-order valence-electron chi connectivity index (χ3n) is 3.68. The predicted octanol–water partition coefficient (Wildman–Crippen LogP) is 3.14. The molecule has 0 aliphatic heterocycles. The summed E-state index contributed by atoms with van der Waals surface area (Å²) in [5.41, 5.74) is 2.76. The van der Waals surface area contributed by atoms with E-state index in [0.717, 1.165) is 23.4 Å². The Hall–Kier alpha value is -2.47. The minimum atomic E-state index is -0.136. The summed E-state index contributed by atoms with van der Waals surface area (Å²) < 4.78 is 1.71. The van der Waals surface area contributed by atoms with Gasteiger partial charge in [-0.3, -0.25) is 4.79 Å². The lowest BCUT2D eigenvalue weighted by Crippen LogP contribution is -2.28. The van der Waals surface area contributed by atoms with Crippen LogP contribution in [-0.4, -0.2) is 20.9 Å². The second kappa shape index (κ2) is 7.19. The number of carbonyl (C=O) groups excluding carboxylic acids is 1. The highest BCUT2D eigenvalue weighted by atomic mass is 32.1. The van der Waals surface area contributed by atoms with Crippen molar-refractivity contribution in [3.63, 3.8) is 0 Å². The van der Waals surface area contributed by atoms with Crippen molar-refractivity contribution in [3.05, 3.63) is 64.6 Å². The van der Waals surface area contributed by atoms with Gasteiger partial charge in [0, 0.05) is 5.38 Å². The minimum Gasteiger partial charge on any atom is -0.350 e. The van der Waals surface area contributed by atoms with E-state index in [1.165, 1.54) is 0 Å². The van der Waals surface area contributed by atoms with Gasteiger partial charge in [0.25, 0.3) is 0 Å². The van der Waals surface area contributed by atoms with Crippen LogP contribution in [0.4, 0.5) is 0 Å². The van der Waals surface area contributed by atoms with Crippen LogP contribution < -0.4 is 5.32 Å². The Morgan fingerprint density at radius 1 is 1.30 bits per heavy atom. The molecule has 1 amide bonds. The van der Waals surface area contributed by atoms with Gasteiger partial charge in [0.2, 0.25) is 5.91 Å². The highest BCUT2D eigenvalue weighted by Crippen LogP contribution is 2.19. The van der Waals surface area contributed by atoms with Gasteiger partial charge in [-0.25, -0.2) is 4.68 Å². The SMILES string of the molecule is CCC(C(=O)NCc1cn(-c2ccsc2)nn1)c1ccccc1. The second-order valence-corrected chi connectivity index (χ2v) is 6.01. The molecule has 0 saturated heterocycles. The average Bonchev–Trinajstić information content (AvgIpc) is 3.26. The standard InChI is InChI=1S/C17H18N4OS/c1-2-16(13-6-4-3-5-7-13)17(22)18-10-14-11-21(20-19-14)15-8-9-23-12-15/h3-9,11-12,16H,2,10H2,1H3,(H,18,22). The van der Waals surface area contributed by atoms with Crippen LogP contribution in [0, 0.1) is 0 Å². The molecule has 2 heterocycles. The van der Waals surface area contributed by atoms with E-state index >= 15 is 0 Å². The van der Waals surface area contributed by atoms with Gasteiger partial charge < -0.3 is 5.32 Å². The lowest BCUT2D eigenvalue weighted by atomic mass is 9.96. The lowest BCUT2D eigenvalue weighted by molar-refractivity contribution is -0.122. The first-order valence-corrected chi connectivity index (χ1v) is 8.48. The number of hydrogen-bond acceptors (Lipinski definition) is 4.